The second kappa shape index (κ2) is 14.3. The van der Waals surface area contributed by atoms with E-state index in [-0.39, 0.29) is 35.5 Å². The molecule has 86 valence electrons. The van der Waals surface area contributed by atoms with Gasteiger partial charge in [0.05, 0.1) is 0 Å². The summed E-state index contributed by atoms with van der Waals surface area (Å²) in [6, 6.07) is 0. The van der Waals surface area contributed by atoms with E-state index in [9.17, 15) is 4.79 Å². The van der Waals surface area contributed by atoms with Gasteiger partial charge in [0.2, 0.25) is 0 Å². The number of carbonyl (C=O) groups is 1. The molecule has 0 aromatic rings. The van der Waals surface area contributed by atoms with Crippen LogP contribution in [-0.4, -0.2) is 61.7 Å². The van der Waals surface area contributed by atoms with Gasteiger partial charge in [0.25, 0.3) is 0 Å². The van der Waals surface area contributed by atoms with Crippen molar-refractivity contribution in [2.75, 3.05) is 26.2 Å². The molecule has 0 spiro atoms. The molecule has 0 saturated carbocycles. The van der Waals surface area contributed by atoms with E-state index >= 15 is 0 Å². The molecule has 0 unspecified atom stereocenters. The van der Waals surface area contributed by atoms with E-state index in [1.807, 2.05) is 6.92 Å². The number of hydrogen-bond acceptors (Lipinski definition) is 5. The summed E-state index contributed by atoms with van der Waals surface area (Å²) < 4.78 is 0. The van der Waals surface area contributed by atoms with Crippen LogP contribution in [0.3, 0.4) is 0 Å². The maximum atomic E-state index is 11.0. The Kier molecular flexibility index (Phi) is 17.0. The average Bonchev–Trinajstić information content (AvgIpc) is 2.20. The predicted octanol–water partition coefficient (Wildman–Crippen LogP) is -0.876. The summed E-state index contributed by atoms with van der Waals surface area (Å²) in [5.41, 5.74) is 7.88. The molecule has 5 nitrogen and oxygen atoms in total. The molecule has 0 fully saturated rings. The van der Waals surface area contributed by atoms with Gasteiger partial charge in [-0.25, -0.2) is 0 Å². The molecule has 0 rings (SSSR count). The fourth-order valence-electron chi connectivity index (χ4n) is 0.870. The van der Waals surface area contributed by atoms with Crippen molar-refractivity contribution in [2.45, 2.75) is 26.2 Å². The van der Waals surface area contributed by atoms with Crippen LogP contribution < -0.4 is 16.5 Å². The van der Waals surface area contributed by atoms with Crippen molar-refractivity contribution in [3.8, 4) is 0 Å². The summed E-state index contributed by atoms with van der Waals surface area (Å²) in [4.78, 5) is 15.7. The van der Waals surface area contributed by atoms with Crippen LogP contribution in [0.1, 0.15) is 26.2 Å². The maximum absolute atomic E-state index is 11.0. The van der Waals surface area contributed by atoms with Crippen LogP contribution in [0.2, 0.25) is 0 Å². The van der Waals surface area contributed by atoms with Gasteiger partial charge in [-0.05, 0) is 6.42 Å². The second-order valence-corrected chi connectivity index (χ2v) is 3.01. The zero-order valence-electron chi connectivity index (χ0n) is 8.84. The molecule has 4 N–H and O–H groups in total. The Morgan fingerprint density at radius 1 is 1.33 bits per heavy atom. The molecule has 0 aliphatic heterocycles. The molecular weight excluding hydrogens is 205 g/mol. The molecule has 0 aliphatic carbocycles. The molecule has 0 heterocycles. The van der Waals surface area contributed by atoms with Crippen molar-refractivity contribution in [3.63, 3.8) is 0 Å². The summed E-state index contributed by atoms with van der Waals surface area (Å²) >= 11 is 0. The van der Waals surface area contributed by atoms with Gasteiger partial charge < -0.3 is 15.9 Å². The van der Waals surface area contributed by atoms with E-state index in [1.54, 1.807) is 0 Å². The van der Waals surface area contributed by atoms with E-state index in [0.29, 0.717) is 19.5 Å². The quantitative estimate of drug-likeness (QED) is 0.271. The molecule has 0 aromatic heterocycles. The number of carbonyl (C=O) groups excluding carboxylic acids is 1. The van der Waals surface area contributed by atoms with Crippen LogP contribution in [0, 0.1) is 0 Å². The standard InChI is InChI=1S/C9H21N3O2.Na.H/c1-2-3-4-9(13)14-12-8-7-11-6-5-10;;/h11-12H,2-8,10H2,1H3;;. The van der Waals surface area contributed by atoms with E-state index < -0.39 is 0 Å². The van der Waals surface area contributed by atoms with Gasteiger partial charge in [-0.3, -0.25) is 4.79 Å². The number of nitrogens with one attached hydrogen (secondary N) is 2. The summed E-state index contributed by atoms with van der Waals surface area (Å²) in [7, 11) is 0. The third-order valence-electron chi connectivity index (χ3n) is 1.65. The Bertz CT molecular complexity index is 147. The summed E-state index contributed by atoms with van der Waals surface area (Å²) in [5, 5.41) is 3.07. The van der Waals surface area contributed by atoms with Crippen molar-refractivity contribution in [2.24, 2.45) is 5.73 Å². The van der Waals surface area contributed by atoms with Gasteiger partial charge in [-0.15, -0.1) is 0 Å². The van der Waals surface area contributed by atoms with Crippen molar-refractivity contribution >= 4 is 35.5 Å². The monoisotopic (exact) mass is 227 g/mol. The third kappa shape index (κ3) is 14.4. The van der Waals surface area contributed by atoms with E-state index in [2.05, 4.69) is 10.8 Å². The number of rotatable bonds is 9. The Morgan fingerprint density at radius 2 is 2.07 bits per heavy atom. The van der Waals surface area contributed by atoms with Crippen molar-refractivity contribution in [1.29, 1.82) is 0 Å². The van der Waals surface area contributed by atoms with Gasteiger partial charge in [0.1, 0.15) is 0 Å². The molecule has 0 amide bonds. The molecule has 0 bridgehead atoms. The first-order valence-corrected chi connectivity index (χ1v) is 5.14. The van der Waals surface area contributed by atoms with Gasteiger partial charge in [0, 0.05) is 32.6 Å². The number of nitrogens with two attached hydrogens (primary N) is 1. The fourth-order valence-corrected chi connectivity index (χ4v) is 0.870. The van der Waals surface area contributed by atoms with Crippen molar-refractivity contribution in [1.82, 2.24) is 10.8 Å². The summed E-state index contributed by atoms with van der Waals surface area (Å²) in [6.45, 7) is 4.80. The Hall–Kier alpha value is 0.350. The van der Waals surface area contributed by atoms with Crippen LogP contribution >= 0.6 is 0 Å². The van der Waals surface area contributed by atoms with E-state index in [1.165, 1.54) is 0 Å². The number of unbranched alkanes of at least 4 members (excludes halogenated alkanes) is 1. The zero-order valence-corrected chi connectivity index (χ0v) is 8.84. The van der Waals surface area contributed by atoms with Crippen molar-refractivity contribution in [3.05, 3.63) is 0 Å². The number of hydrogen-bond donors (Lipinski definition) is 3. The van der Waals surface area contributed by atoms with Gasteiger partial charge in [0.15, 0.2) is 0 Å². The Morgan fingerprint density at radius 3 is 2.67 bits per heavy atom. The molecule has 0 aliphatic rings. The van der Waals surface area contributed by atoms with Gasteiger partial charge in [-0.1, -0.05) is 13.3 Å². The third-order valence-corrected chi connectivity index (χ3v) is 1.65. The fraction of sp³-hybridized carbons (Fsp3) is 0.889. The minimum atomic E-state index is -0.189. The SMILES string of the molecule is CCCCC(=O)ONCCNCCN.[NaH]. The topological polar surface area (TPSA) is 76.4 Å². The number of hydroxylamine groups is 1. The average molecular weight is 227 g/mol. The van der Waals surface area contributed by atoms with Crippen LogP contribution in [-0.2, 0) is 9.63 Å². The summed E-state index contributed by atoms with van der Waals surface area (Å²) in [5.74, 6) is -0.189. The summed E-state index contributed by atoms with van der Waals surface area (Å²) in [6.07, 6.45) is 2.37. The predicted molar refractivity (Wildman–Crippen MR) is 62.7 cm³/mol. The van der Waals surface area contributed by atoms with Crippen LogP contribution in [0.15, 0.2) is 0 Å². The molecule has 0 radical (unpaired) electrons. The first kappa shape index (κ1) is 17.7. The first-order chi connectivity index (χ1) is 6.81. The van der Waals surface area contributed by atoms with Gasteiger partial charge in [-0.2, -0.15) is 5.48 Å². The van der Waals surface area contributed by atoms with E-state index in [4.69, 9.17) is 10.6 Å². The second-order valence-electron chi connectivity index (χ2n) is 3.01. The molecule has 15 heavy (non-hydrogen) atoms. The van der Waals surface area contributed by atoms with Crippen LogP contribution in [0.25, 0.3) is 0 Å². The first-order valence-electron chi connectivity index (χ1n) is 5.14. The van der Waals surface area contributed by atoms with E-state index in [0.717, 1.165) is 25.9 Å². The molecule has 0 aromatic carbocycles. The molecule has 0 saturated heterocycles. The van der Waals surface area contributed by atoms with Crippen LogP contribution in [0.5, 0.6) is 0 Å². The Balaban J connectivity index is 0. The molecule has 0 atom stereocenters. The Labute approximate surface area is 114 Å². The van der Waals surface area contributed by atoms with Crippen LogP contribution in [0.4, 0.5) is 0 Å². The zero-order chi connectivity index (χ0) is 10.6. The van der Waals surface area contributed by atoms with Crippen molar-refractivity contribution < 1.29 is 9.63 Å². The van der Waals surface area contributed by atoms with Gasteiger partial charge >= 0.3 is 35.5 Å². The minimum absolute atomic E-state index is 0. The normalized spacial score (nSPS) is 9.47. The molecular formula is C9H22N3NaO2. The molecule has 6 heteroatoms.